The zero-order chi connectivity index (χ0) is 13.1. The molecule has 1 N–H and O–H groups in total. The summed E-state index contributed by atoms with van der Waals surface area (Å²) >= 11 is 3.57. The molecule has 0 radical (unpaired) electrons. The number of aromatic nitrogens is 2. The number of rotatable bonds is 3. The maximum absolute atomic E-state index is 4.62. The molecule has 5 heteroatoms. The molecule has 100 valence electrons. The van der Waals surface area contributed by atoms with E-state index in [0.717, 1.165) is 29.3 Å². The molecule has 0 spiro atoms. The van der Waals surface area contributed by atoms with Crippen molar-refractivity contribution in [3.63, 3.8) is 0 Å². The number of hydrogen-bond donors (Lipinski definition) is 1. The maximum atomic E-state index is 4.62. The molecule has 1 aliphatic heterocycles. The number of hydrogen-bond acceptors (Lipinski definition) is 4. The molecular formula is C13H21BrN4. The van der Waals surface area contributed by atoms with Gasteiger partial charge in [0.1, 0.15) is 5.82 Å². The van der Waals surface area contributed by atoms with Gasteiger partial charge in [-0.25, -0.2) is 4.98 Å². The molecule has 2 rings (SSSR count). The van der Waals surface area contributed by atoms with Crippen molar-refractivity contribution in [2.75, 3.05) is 23.3 Å². The van der Waals surface area contributed by atoms with E-state index < -0.39 is 0 Å². The third kappa shape index (κ3) is 2.94. The Morgan fingerprint density at radius 3 is 2.94 bits per heavy atom. The lowest BCUT2D eigenvalue weighted by Crippen LogP contribution is -2.41. The van der Waals surface area contributed by atoms with Gasteiger partial charge in [0.2, 0.25) is 5.95 Å². The molecule has 0 aromatic carbocycles. The molecule has 1 fully saturated rings. The van der Waals surface area contributed by atoms with Gasteiger partial charge in [0.05, 0.1) is 4.47 Å². The van der Waals surface area contributed by atoms with Crippen LogP contribution in [0.15, 0.2) is 10.7 Å². The summed E-state index contributed by atoms with van der Waals surface area (Å²) in [6.45, 7) is 8.57. The van der Waals surface area contributed by atoms with Crippen LogP contribution < -0.4 is 10.2 Å². The number of nitrogens with one attached hydrogen (secondary N) is 1. The van der Waals surface area contributed by atoms with E-state index in [2.05, 4.69) is 56.9 Å². The second-order valence-corrected chi connectivity index (χ2v) is 5.92. The lowest BCUT2D eigenvalue weighted by atomic mass is 9.93. The van der Waals surface area contributed by atoms with Gasteiger partial charge < -0.3 is 10.2 Å². The normalized spacial score (nSPS) is 24.1. The molecule has 1 aromatic rings. The van der Waals surface area contributed by atoms with Gasteiger partial charge in [0, 0.05) is 25.3 Å². The Morgan fingerprint density at radius 1 is 1.50 bits per heavy atom. The van der Waals surface area contributed by atoms with Gasteiger partial charge in [-0.3, -0.25) is 0 Å². The molecule has 1 aliphatic rings. The summed E-state index contributed by atoms with van der Waals surface area (Å²) in [5.41, 5.74) is 0. The van der Waals surface area contributed by atoms with E-state index in [-0.39, 0.29) is 0 Å². The Hall–Kier alpha value is -0.840. The van der Waals surface area contributed by atoms with E-state index in [4.69, 9.17) is 0 Å². The van der Waals surface area contributed by atoms with Crippen molar-refractivity contribution in [3.05, 3.63) is 10.7 Å². The van der Waals surface area contributed by atoms with Crippen LogP contribution in [0.2, 0.25) is 0 Å². The first kappa shape index (κ1) is 13.6. The summed E-state index contributed by atoms with van der Waals surface area (Å²) in [7, 11) is 0. The van der Waals surface area contributed by atoms with Crippen molar-refractivity contribution in [1.29, 1.82) is 0 Å². The van der Waals surface area contributed by atoms with Gasteiger partial charge in [-0.05, 0) is 48.5 Å². The topological polar surface area (TPSA) is 41.1 Å². The third-order valence-corrected chi connectivity index (χ3v) is 4.03. The highest BCUT2D eigenvalue weighted by Crippen LogP contribution is 2.31. The summed E-state index contributed by atoms with van der Waals surface area (Å²) in [4.78, 5) is 11.3. The van der Waals surface area contributed by atoms with Crippen molar-refractivity contribution in [2.24, 2.45) is 5.92 Å². The fourth-order valence-electron chi connectivity index (χ4n) is 2.52. The van der Waals surface area contributed by atoms with E-state index in [1.165, 1.54) is 12.8 Å². The molecule has 0 amide bonds. The van der Waals surface area contributed by atoms with Gasteiger partial charge in [0.15, 0.2) is 0 Å². The molecule has 1 aromatic heterocycles. The summed E-state index contributed by atoms with van der Waals surface area (Å²) in [6.07, 6.45) is 4.30. The quantitative estimate of drug-likeness (QED) is 0.929. The first-order chi connectivity index (χ1) is 8.61. The van der Waals surface area contributed by atoms with Crippen LogP contribution in [-0.2, 0) is 0 Å². The van der Waals surface area contributed by atoms with Gasteiger partial charge in [-0.1, -0.05) is 6.92 Å². The standard InChI is InChI=1S/C13H21BrN4/c1-4-15-13-16-8-11(14)12(17-13)18-6-5-9(2)7-10(18)3/h8-10H,4-7H2,1-3H3,(H,15,16,17). The predicted molar refractivity (Wildman–Crippen MR) is 79.1 cm³/mol. The molecule has 0 saturated carbocycles. The maximum Gasteiger partial charge on any atom is 0.224 e. The molecular weight excluding hydrogens is 292 g/mol. The first-order valence-corrected chi connectivity index (χ1v) is 7.44. The Bertz CT molecular complexity index is 410. The minimum absolute atomic E-state index is 0.537. The van der Waals surface area contributed by atoms with Gasteiger partial charge >= 0.3 is 0 Å². The van der Waals surface area contributed by atoms with Crippen molar-refractivity contribution >= 4 is 27.7 Å². The van der Waals surface area contributed by atoms with Gasteiger partial charge in [-0.15, -0.1) is 0 Å². The minimum atomic E-state index is 0.537. The van der Waals surface area contributed by atoms with E-state index in [9.17, 15) is 0 Å². The average Bonchev–Trinajstić information content (AvgIpc) is 2.33. The van der Waals surface area contributed by atoms with E-state index >= 15 is 0 Å². The lowest BCUT2D eigenvalue weighted by Gasteiger charge is -2.37. The molecule has 2 heterocycles. The highest BCUT2D eigenvalue weighted by Gasteiger charge is 2.25. The second kappa shape index (κ2) is 5.87. The molecule has 2 atom stereocenters. The van der Waals surface area contributed by atoms with Crippen LogP contribution in [0.25, 0.3) is 0 Å². The van der Waals surface area contributed by atoms with E-state index in [1.807, 2.05) is 6.20 Å². The predicted octanol–water partition coefficient (Wildman–Crippen LogP) is 3.30. The molecule has 0 bridgehead atoms. The summed E-state index contributed by atoms with van der Waals surface area (Å²) < 4.78 is 0.977. The van der Waals surface area contributed by atoms with E-state index in [0.29, 0.717) is 12.0 Å². The number of anilines is 2. The smallest absolute Gasteiger partial charge is 0.224 e. The number of halogens is 1. The summed E-state index contributed by atoms with van der Waals surface area (Å²) in [5.74, 6) is 2.53. The average molecular weight is 313 g/mol. The highest BCUT2D eigenvalue weighted by molar-refractivity contribution is 9.10. The Kier molecular flexibility index (Phi) is 4.43. The van der Waals surface area contributed by atoms with Crippen LogP contribution in [0, 0.1) is 5.92 Å². The Balaban J connectivity index is 2.23. The van der Waals surface area contributed by atoms with Crippen molar-refractivity contribution in [1.82, 2.24) is 9.97 Å². The molecule has 18 heavy (non-hydrogen) atoms. The zero-order valence-corrected chi connectivity index (χ0v) is 12.9. The van der Waals surface area contributed by atoms with Crippen LogP contribution >= 0.6 is 15.9 Å². The van der Waals surface area contributed by atoms with Crippen LogP contribution in [0.1, 0.15) is 33.6 Å². The van der Waals surface area contributed by atoms with E-state index in [1.54, 1.807) is 0 Å². The molecule has 2 unspecified atom stereocenters. The third-order valence-electron chi connectivity index (χ3n) is 3.47. The lowest BCUT2D eigenvalue weighted by molar-refractivity contribution is 0.375. The number of nitrogens with zero attached hydrogens (tertiary/aromatic N) is 3. The second-order valence-electron chi connectivity index (χ2n) is 5.07. The van der Waals surface area contributed by atoms with Crippen LogP contribution in [0.3, 0.4) is 0 Å². The first-order valence-electron chi connectivity index (χ1n) is 6.64. The molecule has 0 aliphatic carbocycles. The monoisotopic (exact) mass is 312 g/mol. The molecule has 4 nitrogen and oxygen atoms in total. The molecule has 1 saturated heterocycles. The highest BCUT2D eigenvalue weighted by atomic mass is 79.9. The van der Waals surface area contributed by atoms with Crippen LogP contribution in [0.5, 0.6) is 0 Å². The van der Waals surface area contributed by atoms with Crippen molar-refractivity contribution in [2.45, 2.75) is 39.7 Å². The van der Waals surface area contributed by atoms with Gasteiger partial charge in [0.25, 0.3) is 0 Å². The zero-order valence-electron chi connectivity index (χ0n) is 11.3. The summed E-state index contributed by atoms with van der Waals surface area (Å²) in [6, 6.07) is 0.537. The fraction of sp³-hybridized carbons (Fsp3) is 0.692. The fourth-order valence-corrected chi connectivity index (χ4v) is 2.94. The van der Waals surface area contributed by atoms with Crippen molar-refractivity contribution in [3.8, 4) is 0 Å². The minimum Gasteiger partial charge on any atom is -0.354 e. The Labute approximate surface area is 117 Å². The van der Waals surface area contributed by atoms with Crippen LogP contribution in [0.4, 0.5) is 11.8 Å². The SMILES string of the molecule is CCNc1ncc(Br)c(N2CCC(C)CC2C)n1. The largest absolute Gasteiger partial charge is 0.354 e. The summed E-state index contributed by atoms with van der Waals surface area (Å²) in [5, 5.41) is 3.17. The van der Waals surface area contributed by atoms with Gasteiger partial charge in [-0.2, -0.15) is 4.98 Å². The van der Waals surface area contributed by atoms with Crippen LogP contribution in [-0.4, -0.2) is 29.1 Å². The Morgan fingerprint density at radius 2 is 2.28 bits per heavy atom. The number of piperidine rings is 1. The van der Waals surface area contributed by atoms with Crippen molar-refractivity contribution < 1.29 is 0 Å².